The van der Waals surface area contributed by atoms with Crippen molar-refractivity contribution in [1.82, 2.24) is 0 Å². The molecule has 0 saturated heterocycles. The van der Waals surface area contributed by atoms with Gasteiger partial charge >= 0.3 is 0 Å². The Kier molecular flexibility index (Phi) is 5.86. The molecule has 3 aromatic rings. The molecule has 3 atom stereocenters. The van der Waals surface area contributed by atoms with Crippen LogP contribution in [0.3, 0.4) is 0 Å². The van der Waals surface area contributed by atoms with E-state index >= 15 is 0 Å². The highest BCUT2D eigenvalue weighted by Gasteiger charge is 2.39. The van der Waals surface area contributed by atoms with Crippen molar-refractivity contribution in [3.63, 3.8) is 0 Å². The maximum absolute atomic E-state index is 13.3. The molecule has 0 spiro atoms. The van der Waals surface area contributed by atoms with Crippen LogP contribution in [-0.4, -0.2) is 15.0 Å². The van der Waals surface area contributed by atoms with Gasteiger partial charge in [-0.2, -0.15) is 0 Å². The van der Waals surface area contributed by atoms with Gasteiger partial charge in [-0.3, -0.25) is 4.72 Å². The molecule has 1 aliphatic carbocycles. The van der Waals surface area contributed by atoms with Crippen molar-refractivity contribution in [2.75, 3.05) is 16.6 Å². The van der Waals surface area contributed by atoms with Gasteiger partial charge in [-0.15, -0.1) is 0 Å². The van der Waals surface area contributed by atoms with Gasteiger partial charge in [-0.25, -0.2) is 8.42 Å². The highest BCUT2D eigenvalue weighted by atomic mass is 32.2. The predicted octanol–water partition coefficient (Wildman–Crippen LogP) is 6.33. The van der Waals surface area contributed by atoms with Gasteiger partial charge in [0, 0.05) is 17.2 Å². The lowest BCUT2D eigenvalue weighted by Gasteiger charge is -2.38. The van der Waals surface area contributed by atoms with E-state index in [-0.39, 0.29) is 16.9 Å². The van der Waals surface area contributed by atoms with E-state index in [1.807, 2.05) is 69.3 Å². The zero-order valence-corrected chi connectivity index (χ0v) is 20.5. The summed E-state index contributed by atoms with van der Waals surface area (Å²) < 4.78 is 35.2. The van der Waals surface area contributed by atoms with Gasteiger partial charge < -0.3 is 10.1 Å². The zero-order valence-electron chi connectivity index (χ0n) is 19.7. The fourth-order valence-electron chi connectivity index (χ4n) is 5.20. The Labute approximate surface area is 201 Å². The largest absolute Gasteiger partial charge is 0.494 e. The second kappa shape index (κ2) is 8.84. The summed E-state index contributed by atoms with van der Waals surface area (Å²) in [5.74, 6) is 1.33. The number of ether oxygens (including phenoxy) is 1. The van der Waals surface area contributed by atoms with Crippen LogP contribution in [0.4, 0.5) is 11.4 Å². The van der Waals surface area contributed by atoms with Crippen molar-refractivity contribution in [3.8, 4) is 5.75 Å². The maximum Gasteiger partial charge on any atom is 0.261 e. The molecule has 3 aromatic carbocycles. The number of fused-ring (bicyclic) bond motifs is 3. The SMILES string of the molecule is CCOc1ccccc1C1Nc2ccc(S(=O)(=O)Nc3ccc(C)cc3C)cc2C2C=CCC21. The third-order valence-corrected chi connectivity index (χ3v) is 8.19. The number of benzene rings is 3. The van der Waals surface area contributed by atoms with Crippen molar-refractivity contribution >= 4 is 21.4 Å². The summed E-state index contributed by atoms with van der Waals surface area (Å²) in [6.07, 6.45) is 5.35. The van der Waals surface area contributed by atoms with E-state index in [0.717, 1.165) is 40.1 Å². The van der Waals surface area contributed by atoms with Crippen LogP contribution in [0.15, 0.2) is 77.7 Å². The van der Waals surface area contributed by atoms with E-state index in [9.17, 15) is 8.42 Å². The molecule has 2 aliphatic rings. The van der Waals surface area contributed by atoms with Crippen LogP contribution in [0.2, 0.25) is 0 Å². The van der Waals surface area contributed by atoms with E-state index < -0.39 is 10.0 Å². The summed E-state index contributed by atoms with van der Waals surface area (Å²) in [5, 5.41) is 3.69. The summed E-state index contributed by atoms with van der Waals surface area (Å²) in [4.78, 5) is 0.278. The number of sulfonamides is 1. The summed E-state index contributed by atoms with van der Waals surface area (Å²) in [6, 6.07) is 19.4. The number of allylic oxidation sites excluding steroid dienone is 2. The third kappa shape index (κ3) is 4.07. The Morgan fingerprint density at radius 1 is 1.03 bits per heavy atom. The van der Waals surface area contributed by atoms with Crippen molar-refractivity contribution < 1.29 is 13.2 Å². The van der Waals surface area contributed by atoms with E-state index in [0.29, 0.717) is 18.2 Å². The Hall–Kier alpha value is -3.25. The van der Waals surface area contributed by atoms with E-state index in [1.165, 1.54) is 0 Å². The lowest BCUT2D eigenvalue weighted by molar-refractivity contribution is 0.326. The molecule has 176 valence electrons. The van der Waals surface area contributed by atoms with E-state index in [4.69, 9.17) is 4.74 Å². The minimum absolute atomic E-state index is 0.0889. The minimum atomic E-state index is -3.71. The summed E-state index contributed by atoms with van der Waals surface area (Å²) in [5.41, 5.74) is 5.73. The molecule has 3 unspecified atom stereocenters. The van der Waals surface area contributed by atoms with Crippen LogP contribution in [0, 0.1) is 19.8 Å². The molecule has 0 radical (unpaired) electrons. The number of para-hydroxylation sites is 1. The molecule has 5 nitrogen and oxygen atoms in total. The van der Waals surface area contributed by atoms with Crippen molar-refractivity contribution in [3.05, 3.63) is 95.1 Å². The first kappa shape index (κ1) is 22.5. The molecular weight excluding hydrogens is 444 g/mol. The van der Waals surface area contributed by atoms with Gasteiger partial charge in [-0.05, 0) is 74.6 Å². The molecule has 2 N–H and O–H groups in total. The van der Waals surface area contributed by atoms with Gasteiger partial charge in [0.05, 0.1) is 23.2 Å². The molecule has 1 heterocycles. The van der Waals surface area contributed by atoms with Gasteiger partial charge in [0.25, 0.3) is 10.0 Å². The number of nitrogens with one attached hydrogen (secondary N) is 2. The molecule has 5 rings (SSSR count). The Morgan fingerprint density at radius 2 is 1.85 bits per heavy atom. The molecule has 0 saturated carbocycles. The summed E-state index contributed by atoms with van der Waals surface area (Å²) in [6.45, 7) is 6.51. The molecule has 0 fully saturated rings. The normalized spacial score (nSPS) is 20.9. The summed E-state index contributed by atoms with van der Waals surface area (Å²) in [7, 11) is -3.71. The van der Waals surface area contributed by atoms with Crippen LogP contribution >= 0.6 is 0 Å². The minimum Gasteiger partial charge on any atom is -0.494 e. The lowest BCUT2D eigenvalue weighted by atomic mass is 9.77. The van der Waals surface area contributed by atoms with Crippen molar-refractivity contribution in [2.24, 2.45) is 5.92 Å². The van der Waals surface area contributed by atoms with Crippen LogP contribution in [0.1, 0.15) is 47.6 Å². The Morgan fingerprint density at radius 3 is 2.65 bits per heavy atom. The maximum atomic E-state index is 13.3. The molecular formula is C28H30N2O3S. The van der Waals surface area contributed by atoms with Gasteiger partial charge in [0.2, 0.25) is 0 Å². The summed E-state index contributed by atoms with van der Waals surface area (Å²) >= 11 is 0. The topological polar surface area (TPSA) is 67.4 Å². The van der Waals surface area contributed by atoms with Crippen LogP contribution in [-0.2, 0) is 10.0 Å². The van der Waals surface area contributed by atoms with Gasteiger partial charge in [0.15, 0.2) is 0 Å². The van der Waals surface area contributed by atoms with Gasteiger partial charge in [-0.1, -0.05) is 48.0 Å². The van der Waals surface area contributed by atoms with E-state index in [2.05, 4.69) is 28.3 Å². The Bertz CT molecular complexity index is 1360. The van der Waals surface area contributed by atoms with Crippen LogP contribution < -0.4 is 14.8 Å². The number of hydrogen-bond donors (Lipinski definition) is 2. The highest BCUT2D eigenvalue weighted by molar-refractivity contribution is 7.92. The first-order chi connectivity index (χ1) is 16.4. The Balaban J connectivity index is 1.49. The lowest BCUT2D eigenvalue weighted by Crippen LogP contribution is -2.29. The fourth-order valence-corrected chi connectivity index (χ4v) is 6.37. The van der Waals surface area contributed by atoms with E-state index in [1.54, 1.807) is 6.07 Å². The smallest absolute Gasteiger partial charge is 0.261 e. The second-order valence-electron chi connectivity index (χ2n) is 9.12. The highest BCUT2D eigenvalue weighted by Crippen LogP contribution is 2.51. The van der Waals surface area contributed by atoms with Crippen LogP contribution in [0.25, 0.3) is 0 Å². The average Bonchev–Trinajstić information content (AvgIpc) is 3.31. The number of aryl methyl sites for hydroxylation is 2. The molecule has 0 amide bonds. The molecule has 6 heteroatoms. The number of anilines is 2. The van der Waals surface area contributed by atoms with Crippen LogP contribution in [0.5, 0.6) is 5.75 Å². The molecule has 0 aromatic heterocycles. The number of hydrogen-bond acceptors (Lipinski definition) is 4. The second-order valence-corrected chi connectivity index (χ2v) is 10.8. The molecule has 34 heavy (non-hydrogen) atoms. The molecule has 0 bridgehead atoms. The quantitative estimate of drug-likeness (QED) is 0.410. The van der Waals surface area contributed by atoms with Gasteiger partial charge in [0.1, 0.15) is 5.75 Å². The van der Waals surface area contributed by atoms with Crippen molar-refractivity contribution in [1.29, 1.82) is 0 Å². The number of rotatable bonds is 6. The predicted molar refractivity (Wildman–Crippen MR) is 137 cm³/mol. The first-order valence-electron chi connectivity index (χ1n) is 11.8. The standard InChI is InChI=1S/C28H30N2O3S/c1-4-33-27-11-6-5-8-23(27)28-22-10-7-9-21(22)24-17-20(13-15-26(24)29-28)34(31,32)30-25-14-12-18(2)16-19(25)3/h5-9,11-17,21-22,28-30H,4,10H2,1-3H3. The average molecular weight is 475 g/mol. The molecule has 1 aliphatic heterocycles. The first-order valence-corrected chi connectivity index (χ1v) is 13.2. The third-order valence-electron chi connectivity index (χ3n) is 6.82. The fraction of sp³-hybridized carbons (Fsp3) is 0.286. The zero-order chi connectivity index (χ0) is 23.9. The monoisotopic (exact) mass is 474 g/mol. The van der Waals surface area contributed by atoms with Crippen molar-refractivity contribution in [2.45, 2.75) is 44.0 Å².